The molecule has 0 radical (unpaired) electrons. The van der Waals surface area contributed by atoms with E-state index < -0.39 is 0 Å². The zero-order chi connectivity index (χ0) is 17.8. The molecule has 0 N–H and O–H groups in total. The molecule has 0 saturated heterocycles. The highest BCUT2D eigenvalue weighted by molar-refractivity contribution is 6.07. The van der Waals surface area contributed by atoms with Crippen molar-refractivity contribution in [2.75, 3.05) is 0 Å². The minimum absolute atomic E-state index is 0.0664. The van der Waals surface area contributed by atoms with Crippen molar-refractivity contribution < 1.29 is 4.79 Å². The fourth-order valence-electron chi connectivity index (χ4n) is 3.40. The van der Waals surface area contributed by atoms with Crippen LogP contribution in [0, 0.1) is 0 Å². The van der Waals surface area contributed by atoms with Gasteiger partial charge in [0, 0.05) is 18.0 Å². The van der Waals surface area contributed by atoms with E-state index in [1.807, 2.05) is 18.2 Å². The number of nitrogens with zero attached hydrogens (tertiary/aromatic N) is 1. The molecule has 128 valence electrons. The number of allylic oxidation sites excluding steroid dienone is 1. The molecular weight excluding hydrogens is 318 g/mol. The van der Waals surface area contributed by atoms with Crippen molar-refractivity contribution in [3.05, 3.63) is 106 Å². The van der Waals surface area contributed by atoms with Crippen LogP contribution in [0.25, 0.3) is 6.08 Å². The Balaban J connectivity index is 1.64. The molecule has 3 aromatic rings. The zero-order valence-electron chi connectivity index (χ0n) is 14.7. The number of aromatic nitrogens is 1. The molecule has 1 heterocycles. The fourth-order valence-corrected chi connectivity index (χ4v) is 3.40. The smallest absolute Gasteiger partial charge is 0.186 e. The van der Waals surface area contributed by atoms with Gasteiger partial charge in [-0.1, -0.05) is 42.5 Å². The van der Waals surface area contributed by atoms with Crippen molar-refractivity contribution >= 4 is 11.9 Å². The third-order valence-corrected chi connectivity index (χ3v) is 4.96. The molecule has 4 aliphatic rings. The number of carbonyl (C=O) groups is 1. The first-order chi connectivity index (χ1) is 12.8. The number of carbonyl (C=O) groups excluding carboxylic acids is 1. The van der Waals surface area contributed by atoms with Gasteiger partial charge in [0.2, 0.25) is 0 Å². The Kier molecular flexibility index (Phi) is 4.74. The van der Waals surface area contributed by atoms with Crippen molar-refractivity contribution in [2.45, 2.75) is 25.7 Å². The van der Waals surface area contributed by atoms with E-state index in [9.17, 15) is 4.79 Å². The molecule has 2 heteroatoms. The summed E-state index contributed by atoms with van der Waals surface area (Å²) in [5.41, 5.74) is 6.78. The van der Waals surface area contributed by atoms with Crippen LogP contribution in [0.3, 0.4) is 0 Å². The molecule has 4 aliphatic carbocycles. The molecule has 26 heavy (non-hydrogen) atoms. The van der Waals surface area contributed by atoms with Crippen LogP contribution in [0.5, 0.6) is 0 Å². The van der Waals surface area contributed by atoms with E-state index in [4.69, 9.17) is 0 Å². The molecular formula is C24H21NO. The van der Waals surface area contributed by atoms with Crippen LogP contribution in [0.1, 0.15) is 38.2 Å². The summed E-state index contributed by atoms with van der Waals surface area (Å²) in [6, 6.07) is 19.1. The zero-order valence-corrected chi connectivity index (χ0v) is 14.7. The molecule has 1 aromatic heterocycles. The van der Waals surface area contributed by atoms with E-state index in [0.29, 0.717) is 0 Å². The van der Waals surface area contributed by atoms with Gasteiger partial charge in [0.05, 0.1) is 0 Å². The number of aryl methyl sites for hydroxylation is 4. The lowest BCUT2D eigenvalue weighted by Gasteiger charge is -2.13. The summed E-state index contributed by atoms with van der Waals surface area (Å²) in [5.74, 6) is 0.0664. The van der Waals surface area contributed by atoms with E-state index >= 15 is 0 Å². The average Bonchev–Trinajstić information content (AvgIpc) is 2.69. The first-order valence-electron chi connectivity index (χ1n) is 9.10. The van der Waals surface area contributed by atoms with Crippen LogP contribution >= 0.6 is 0 Å². The van der Waals surface area contributed by atoms with Gasteiger partial charge in [0.1, 0.15) is 0 Å². The molecule has 0 saturated carbocycles. The van der Waals surface area contributed by atoms with E-state index in [1.54, 1.807) is 18.5 Å². The predicted octanol–water partition coefficient (Wildman–Crippen LogP) is 4.86. The molecule has 0 fully saturated rings. The van der Waals surface area contributed by atoms with Gasteiger partial charge in [-0.25, -0.2) is 0 Å². The first-order valence-corrected chi connectivity index (χ1v) is 9.10. The van der Waals surface area contributed by atoms with E-state index in [-0.39, 0.29) is 5.78 Å². The van der Waals surface area contributed by atoms with Crippen LogP contribution in [-0.2, 0) is 25.7 Å². The van der Waals surface area contributed by atoms with Crippen molar-refractivity contribution in [1.29, 1.82) is 0 Å². The Morgan fingerprint density at radius 2 is 1.54 bits per heavy atom. The lowest BCUT2D eigenvalue weighted by Crippen LogP contribution is -2.06. The SMILES string of the molecule is O=C(C=Cc1cccnc1)c1cc2ccc1CCc1ccc(cc1)CC2. The van der Waals surface area contributed by atoms with Gasteiger partial charge in [-0.2, -0.15) is 0 Å². The molecule has 7 rings (SSSR count). The number of ketones is 1. The standard InChI is InChI=1S/C24H21NO/c26-24(14-11-21-2-1-15-25-17-21)23-16-20-8-7-18-3-5-19(6-4-18)9-12-22(23)13-10-20/h1-6,10-11,13-17H,7-9,12H2. The van der Waals surface area contributed by atoms with Gasteiger partial charge in [-0.3, -0.25) is 9.78 Å². The van der Waals surface area contributed by atoms with Crippen LogP contribution in [0.15, 0.2) is 73.1 Å². The second-order valence-corrected chi connectivity index (χ2v) is 6.79. The summed E-state index contributed by atoms with van der Waals surface area (Å²) in [5, 5.41) is 0. The molecule has 4 bridgehead atoms. The lowest BCUT2D eigenvalue weighted by molar-refractivity contribution is 0.104. The maximum atomic E-state index is 12.9. The average molecular weight is 339 g/mol. The Labute approximate surface area is 154 Å². The van der Waals surface area contributed by atoms with Crippen LogP contribution in [0.2, 0.25) is 0 Å². The van der Waals surface area contributed by atoms with E-state index in [1.165, 1.54) is 16.7 Å². The third kappa shape index (κ3) is 3.80. The Morgan fingerprint density at radius 3 is 2.27 bits per heavy atom. The summed E-state index contributed by atoms with van der Waals surface area (Å²) < 4.78 is 0. The molecule has 0 atom stereocenters. The van der Waals surface area contributed by atoms with Crippen molar-refractivity contribution in [2.24, 2.45) is 0 Å². The largest absolute Gasteiger partial charge is 0.289 e. The minimum atomic E-state index is 0.0664. The summed E-state index contributed by atoms with van der Waals surface area (Å²) in [7, 11) is 0. The highest BCUT2D eigenvalue weighted by Gasteiger charge is 2.12. The molecule has 0 aliphatic heterocycles. The van der Waals surface area contributed by atoms with E-state index in [0.717, 1.165) is 42.4 Å². The minimum Gasteiger partial charge on any atom is -0.289 e. The highest BCUT2D eigenvalue weighted by atomic mass is 16.1. The molecule has 0 amide bonds. The first kappa shape index (κ1) is 16.5. The van der Waals surface area contributed by atoms with Gasteiger partial charge >= 0.3 is 0 Å². The summed E-state index contributed by atoms with van der Waals surface area (Å²) in [4.78, 5) is 16.9. The number of benzene rings is 2. The quantitative estimate of drug-likeness (QED) is 0.504. The summed E-state index contributed by atoms with van der Waals surface area (Å²) in [6.07, 6.45) is 10.8. The normalized spacial score (nSPS) is 13.5. The Bertz CT molecular complexity index is 940. The van der Waals surface area contributed by atoms with E-state index in [2.05, 4.69) is 47.4 Å². The maximum Gasteiger partial charge on any atom is 0.186 e. The predicted molar refractivity (Wildman–Crippen MR) is 105 cm³/mol. The van der Waals surface area contributed by atoms with Gasteiger partial charge in [-0.05, 0) is 77.8 Å². The van der Waals surface area contributed by atoms with Crippen LogP contribution < -0.4 is 0 Å². The Morgan fingerprint density at radius 1 is 0.846 bits per heavy atom. The number of hydrogen-bond donors (Lipinski definition) is 0. The number of rotatable bonds is 3. The van der Waals surface area contributed by atoms with Crippen LogP contribution in [-0.4, -0.2) is 10.8 Å². The van der Waals surface area contributed by atoms with Crippen molar-refractivity contribution in [3.63, 3.8) is 0 Å². The third-order valence-electron chi connectivity index (χ3n) is 4.96. The molecule has 2 aromatic carbocycles. The van der Waals surface area contributed by atoms with Gasteiger partial charge in [0.15, 0.2) is 5.78 Å². The van der Waals surface area contributed by atoms with Crippen molar-refractivity contribution in [3.8, 4) is 0 Å². The lowest BCUT2D eigenvalue weighted by atomic mass is 9.91. The second kappa shape index (κ2) is 7.49. The van der Waals surface area contributed by atoms with Crippen molar-refractivity contribution in [1.82, 2.24) is 4.98 Å². The summed E-state index contributed by atoms with van der Waals surface area (Å²) >= 11 is 0. The van der Waals surface area contributed by atoms with Gasteiger partial charge in [-0.15, -0.1) is 0 Å². The monoisotopic (exact) mass is 339 g/mol. The molecule has 2 nitrogen and oxygen atoms in total. The second-order valence-electron chi connectivity index (χ2n) is 6.79. The molecule has 0 unspecified atom stereocenters. The van der Waals surface area contributed by atoms with Gasteiger partial charge in [0.25, 0.3) is 0 Å². The fraction of sp³-hybridized carbons (Fsp3) is 0.167. The number of pyridine rings is 1. The van der Waals surface area contributed by atoms with Gasteiger partial charge < -0.3 is 0 Å². The summed E-state index contributed by atoms with van der Waals surface area (Å²) in [6.45, 7) is 0. The number of hydrogen-bond acceptors (Lipinski definition) is 2. The molecule has 0 spiro atoms. The highest BCUT2D eigenvalue weighted by Crippen LogP contribution is 2.20. The maximum absolute atomic E-state index is 12.9. The topological polar surface area (TPSA) is 30.0 Å². The Hall–Kier alpha value is -3.00. The van der Waals surface area contributed by atoms with Crippen LogP contribution in [0.4, 0.5) is 0 Å².